The molecule has 3 aromatic heterocycles. The molecule has 0 bridgehead atoms. The van der Waals surface area contributed by atoms with Crippen LogP contribution in [0.25, 0.3) is 33.4 Å². The van der Waals surface area contributed by atoms with E-state index in [4.69, 9.17) is 9.15 Å². The van der Waals surface area contributed by atoms with Crippen molar-refractivity contribution in [3.05, 3.63) is 70.5 Å². The Morgan fingerprint density at radius 1 is 1.19 bits per heavy atom. The molecule has 0 atom stereocenters. The lowest BCUT2D eigenvalue weighted by molar-refractivity contribution is -0.384. The lowest BCUT2D eigenvalue weighted by Crippen LogP contribution is -1.98. The van der Waals surface area contributed by atoms with Gasteiger partial charge in [-0.3, -0.25) is 10.1 Å². The van der Waals surface area contributed by atoms with Gasteiger partial charge in [-0.25, -0.2) is 5.43 Å². The molecule has 5 aromatic rings. The third-order valence-electron chi connectivity index (χ3n) is 4.77. The van der Waals surface area contributed by atoms with E-state index in [0.717, 1.165) is 10.9 Å². The van der Waals surface area contributed by atoms with E-state index in [1.165, 1.54) is 25.5 Å². The zero-order valence-electron chi connectivity index (χ0n) is 16.6. The number of nitrogens with zero attached hydrogens (tertiary/aromatic N) is 5. The molecule has 11 heteroatoms. The number of H-pyrrole nitrogens is 1. The summed E-state index contributed by atoms with van der Waals surface area (Å²) in [5.74, 6) is 1.49. The number of anilines is 1. The van der Waals surface area contributed by atoms with Gasteiger partial charge in [-0.05, 0) is 24.3 Å². The maximum absolute atomic E-state index is 11.0. The Kier molecular flexibility index (Phi) is 4.67. The Labute approximate surface area is 179 Å². The van der Waals surface area contributed by atoms with Crippen molar-refractivity contribution in [3.63, 3.8) is 0 Å². The molecule has 0 unspecified atom stereocenters. The van der Waals surface area contributed by atoms with Gasteiger partial charge in [0, 0.05) is 17.0 Å². The third kappa shape index (κ3) is 3.47. The van der Waals surface area contributed by atoms with Crippen molar-refractivity contribution in [2.45, 2.75) is 0 Å². The fraction of sp³-hybridized carbons (Fsp3) is 0.0476. The van der Waals surface area contributed by atoms with Gasteiger partial charge in [-0.15, -0.1) is 10.2 Å². The monoisotopic (exact) mass is 429 g/mol. The number of aromatic amines is 1. The van der Waals surface area contributed by atoms with Crippen LogP contribution in [0.4, 0.5) is 11.6 Å². The van der Waals surface area contributed by atoms with Gasteiger partial charge in [0.1, 0.15) is 22.8 Å². The SMILES string of the molecule is COc1cc([N+](=O)[O-])ccc1-c1ccc(/C=N/Nc2nnc3c(n2)[nH]c2ccccc23)o1. The zero-order chi connectivity index (χ0) is 22.1. The van der Waals surface area contributed by atoms with E-state index in [-0.39, 0.29) is 11.6 Å². The van der Waals surface area contributed by atoms with Crippen LogP contribution >= 0.6 is 0 Å². The lowest BCUT2D eigenvalue weighted by Gasteiger charge is -2.05. The standard InChI is InChI=1S/C21H15N7O4/c1-31-18-10-12(28(29)30)6-8-15(18)17-9-7-13(32-17)11-22-26-21-24-20-19(25-27-21)14-4-2-3-5-16(14)23-20/h2-11H,1H3,(H2,23,24,26,27)/b22-11+. The predicted molar refractivity (Wildman–Crippen MR) is 118 cm³/mol. The molecule has 0 spiro atoms. The van der Waals surface area contributed by atoms with Gasteiger partial charge in [0.05, 0.1) is 29.9 Å². The molecule has 32 heavy (non-hydrogen) atoms. The second-order valence-corrected chi connectivity index (χ2v) is 6.72. The average Bonchev–Trinajstić information content (AvgIpc) is 3.42. The van der Waals surface area contributed by atoms with Gasteiger partial charge in [0.15, 0.2) is 5.65 Å². The largest absolute Gasteiger partial charge is 0.496 e. The number of benzene rings is 2. The number of furan rings is 1. The van der Waals surface area contributed by atoms with E-state index in [0.29, 0.717) is 34.0 Å². The van der Waals surface area contributed by atoms with E-state index in [2.05, 4.69) is 30.7 Å². The molecular formula is C21H15N7O4. The minimum absolute atomic E-state index is 0.0660. The first-order valence-electron chi connectivity index (χ1n) is 9.45. The van der Waals surface area contributed by atoms with E-state index < -0.39 is 4.92 Å². The maximum Gasteiger partial charge on any atom is 0.273 e. The summed E-state index contributed by atoms with van der Waals surface area (Å²) in [5, 5.41) is 24.3. The van der Waals surface area contributed by atoms with Crippen molar-refractivity contribution >= 4 is 39.9 Å². The first-order valence-corrected chi connectivity index (χ1v) is 9.45. The molecule has 3 heterocycles. The summed E-state index contributed by atoms with van der Waals surface area (Å²) in [6, 6.07) is 15.5. The van der Waals surface area contributed by atoms with Gasteiger partial charge in [0.2, 0.25) is 0 Å². The Morgan fingerprint density at radius 2 is 2.06 bits per heavy atom. The van der Waals surface area contributed by atoms with Gasteiger partial charge in [-0.1, -0.05) is 18.2 Å². The van der Waals surface area contributed by atoms with Crippen LogP contribution in [0.1, 0.15) is 5.76 Å². The van der Waals surface area contributed by atoms with Crippen molar-refractivity contribution < 1.29 is 14.1 Å². The summed E-state index contributed by atoms with van der Waals surface area (Å²) < 4.78 is 11.0. The summed E-state index contributed by atoms with van der Waals surface area (Å²) in [7, 11) is 1.44. The highest BCUT2D eigenvalue weighted by molar-refractivity contribution is 6.03. The molecule has 0 amide bonds. The highest BCUT2D eigenvalue weighted by Gasteiger charge is 2.15. The number of hydrazone groups is 1. The molecule has 0 fully saturated rings. The minimum Gasteiger partial charge on any atom is -0.496 e. The van der Waals surface area contributed by atoms with Crippen molar-refractivity contribution in [3.8, 4) is 17.1 Å². The molecule has 2 aromatic carbocycles. The van der Waals surface area contributed by atoms with Crippen LogP contribution < -0.4 is 10.2 Å². The predicted octanol–water partition coefficient (Wildman–Crippen LogP) is 4.13. The van der Waals surface area contributed by atoms with E-state index in [1.807, 2.05) is 24.3 Å². The molecule has 2 N–H and O–H groups in total. The van der Waals surface area contributed by atoms with Crippen molar-refractivity contribution in [2.24, 2.45) is 5.10 Å². The Bertz CT molecular complexity index is 1490. The van der Waals surface area contributed by atoms with E-state index in [1.54, 1.807) is 18.2 Å². The number of hydrogen-bond acceptors (Lipinski definition) is 9. The second kappa shape index (κ2) is 7.80. The Hall–Kier alpha value is -4.80. The van der Waals surface area contributed by atoms with Crippen molar-refractivity contribution in [2.75, 3.05) is 12.5 Å². The Morgan fingerprint density at radius 3 is 2.91 bits per heavy atom. The number of hydrogen-bond donors (Lipinski definition) is 2. The smallest absolute Gasteiger partial charge is 0.273 e. The first kappa shape index (κ1) is 19.2. The van der Waals surface area contributed by atoms with Gasteiger partial charge in [-0.2, -0.15) is 10.1 Å². The van der Waals surface area contributed by atoms with Gasteiger partial charge in [0.25, 0.3) is 11.6 Å². The van der Waals surface area contributed by atoms with Crippen molar-refractivity contribution in [1.29, 1.82) is 0 Å². The molecule has 158 valence electrons. The zero-order valence-corrected chi connectivity index (χ0v) is 16.6. The van der Waals surface area contributed by atoms with Crippen molar-refractivity contribution in [1.82, 2.24) is 20.2 Å². The molecule has 0 saturated heterocycles. The number of aromatic nitrogens is 4. The number of nitro groups is 1. The van der Waals surface area contributed by atoms with Crippen LogP contribution in [-0.4, -0.2) is 38.4 Å². The number of ether oxygens (including phenoxy) is 1. The van der Waals surface area contributed by atoms with Crippen LogP contribution in [0.5, 0.6) is 5.75 Å². The molecule has 0 radical (unpaired) electrons. The summed E-state index contributed by atoms with van der Waals surface area (Å²) in [6.07, 6.45) is 1.46. The van der Waals surface area contributed by atoms with E-state index in [9.17, 15) is 10.1 Å². The van der Waals surface area contributed by atoms with Crippen LogP contribution in [-0.2, 0) is 0 Å². The molecule has 5 rings (SSSR count). The highest BCUT2D eigenvalue weighted by Crippen LogP contribution is 2.34. The molecule has 0 aliphatic rings. The third-order valence-corrected chi connectivity index (χ3v) is 4.77. The van der Waals surface area contributed by atoms with E-state index >= 15 is 0 Å². The summed E-state index contributed by atoms with van der Waals surface area (Å²) in [4.78, 5) is 18.1. The normalized spacial score (nSPS) is 11.4. The summed E-state index contributed by atoms with van der Waals surface area (Å²) in [5.41, 5.74) is 5.46. The second-order valence-electron chi connectivity index (χ2n) is 6.72. The quantitative estimate of drug-likeness (QED) is 0.233. The number of para-hydroxylation sites is 1. The minimum atomic E-state index is -0.484. The Balaban J connectivity index is 1.34. The highest BCUT2D eigenvalue weighted by atomic mass is 16.6. The van der Waals surface area contributed by atoms with Crippen LogP contribution in [0, 0.1) is 10.1 Å². The number of nitrogens with one attached hydrogen (secondary N) is 2. The number of non-ortho nitro benzene ring substituents is 1. The number of fused-ring (bicyclic) bond motifs is 3. The summed E-state index contributed by atoms with van der Waals surface area (Å²) >= 11 is 0. The number of methoxy groups -OCH3 is 1. The fourth-order valence-electron chi connectivity index (χ4n) is 3.29. The van der Waals surface area contributed by atoms with Crippen LogP contribution in [0.15, 0.2) is 64.1 Å². The van der Waals surface area contributed by atoms with Crippen LogP contribution in [0.2, 0.25) is 0 Å². The summed E-state index contributed by atoms with van der Waals surface area (Å²) in [6.45, 7) is 0. The molecular weight excluding hydrogens is 414 g/mol. The number of nitro benzene ring substituents is 1. The first-order chi connectivity index (χ1) is 15.6. The van der Waals surface area contributed by atoms with Crippen LogP contribution in [0.3, 0.4) is 0 Å². The average molecular weight is 429 g/mol. The number of rotatable bonds is 6. The molecule has 0 aliphatic heterocycles. The molecule has 11 nitrogen and oxygen atoms in total. The topological polar surface area (TPSA) is 144 Å². The lowest BCUT2D eigenvalue weighted by atomic mass is 10.1. The fourth-order valence-corrected chi connectivity index (χ4v) is 3.29. The van der Waals surface area contributed by atoms with Gasteiger partial charge >= 0.3 is 0 Å². The maximum atomic E-state index is 11.0. The molecule has 0 aliphatic carbocycles. The molecule has 0 saturated carbocycles. The van der Waals surface area contributed by atoms with Gasteiger partial charge < -0.3 is 14.1 Å².